The number of aromatic nitrogens is 2. The molecule has 0 aromatic carbocycles. The molecule has 2 aromatic heterocycles. The number of rotatable bonds is 0. The minimum Gasteiger partial charge on any atom is -0.366 e. The number of anilines is 4. The van der Waals surface area contributed by atoms with E-state index in [4.69, 9.17) is 23.2 Å². The van der Waals surface area contributed by atoms with E-state index >= 15 is 0 Å². The summed E-state index contributed by atoms with van der Waals surface area (Å²) in [5, 5.41) is 10.5. The summed E-state index contributed by atoms with van der Waals surface area (Å²) in [5.74, 6) is 0. The van der Waals surface area contributed by atoms with Gasteiger partial charge in [-0.25, -0.2) is 9.97 Å². The van der Waals surface area contributed by atoms with Gasteiger partial charge in [-0.1, -0.05) is 23.2 Å². The molecule has 2 aromatic rings. The molecule has 0 bridgehead atoms. The van der Waals surface area contributed by atoms with E-state index in [0.29, 0.717) is 10.3 Å². The highest BCUT2D eigenvalue weighted by Crippen LogP contribution is 2.34. The minimum absolute atomic E-state index is 0.530. The van der Waals surface area contributed by atoms with Crippen molar-refractivity contribution in [2.45, 2.75) is 0 Å². The van der Waals surface area contributed by atoms with Crippen molar-refractivity contribution in [1.29, 1.82) is 0 Å². The summed E-state index contributed by atoms with van der Waals surface area (Å²) in [6, 6.07) is 3.81. The van der Waals surface area contributed by atoms with Crippen LogP contribution in [0.5, 0.6) is 0 Å². The number of nitrogens with one attached hydrogen (secondary N) is 3. The van der Waals surface area contributed by atoms with E-state index in [2.05, 4.69) is 25.9 Å². The van der Waals surface area contributed by atoms with Crippen molar-refractivity contribution in [2.75, 3.05) is 41.2 Å². The van der Waals surface area contributed by atoms with Crippen LogP contribution in [0, 0.1) is 0 Å². The summed E-state index contributed by atoms with van der Waals surface area (Å²) >= 11 is 11.6. The van der Waals surface area contributed by atoms with Crippen molar-refractivity contribution in [3.05, 3.63) is 34.8 Å². The summed E-state index contributed by atoms with van der Waals surface area (Å²) < 4.78 is 0. The van der Waals surface area contributed by atoms with E-state index in [0.717, 1.165) is 36.1 Å². The fourth-order valence-corrected chi connectivity index (χ4v) is 2.72. The molecule has 0 fully saturated rings. The molecule has 0 spiro atoms. The summed E-state index contributed by atoms with van der Waals surface area (Å²) in [6.07, 6.45) is 3.38. The first-order valence-electron chi connectivity index (χ1n) is 6.38. The highest BCUT2D eigenvalue weighted by atomic mass is 35.5. The zero-order valence-corrected chi connectivity index (χ0v) is 12.8. The van der Waals surface area contributed by atoms with Gasteiger partial charge in [-0.05, 0) is 12.1 Å². The maximum Gasteiger partial charge on any atom is 0.154 e. The van der Waals surface area contributed by atoms with Gasteiger partial charge in [0.15, 0.2) is 10.3 Å². The third kappa shape index (κ3) is 2.77. The average Bonchev–Trinajstić information content (AvgIpc) is 3.08. The predicted octanol–water partition coefficient (Wildman–Crippen LogP) is 3.08. The van der Waals surface area contributed by atoms with Gasteiger partial charge in [0, 0.05) is 19.4 Å². The summed E-state index contributed by atoms with van der Waals surface area (Å²) in [7, 11) is 1.98. The lowest BCUT2D eigenvalue weighted by atomic mass is 10.3. The van der Waals surface area contributed by atoms with Crippen molar-refractivity contribution in [1.82, 2.24) is 9.97 Å². The second-order valence-corrected chi connectivity index (χ2v) is 5.30. The number of hydrogen-bond donors (Lipinski definition) is 3. The van der Waals surface area contributed by atoms with Crippen LogP contribution in [0.4, 0.5) is 22.7 Å². The van der Waals surface area contributed by atoms with Gasteiger partial charge in [-0.2, -0.15) is 0 Å². The summed E-state index contributed by atoms with van der Waals surface area (Å²) in [4.78, 5) is 9.93. The minimum atomic E-state index is 0.530. The molecule has 0 radical (unpaired) electrons. The van der Waals surface area contributed by atoms with Gasteiger partial charge in [-0.3, -0.25) is 0 Å². The zero-order valence-electron chi connectivity index (χ0n) is 11.3. The molecule has 8 heteroatoms. The first-order valence-corrected chi connectivity index (χ1v) is 7.14. The Labute approximate surface area is 132 Å². The van der Waals surface area contributed by atoms with E-state index in [-0.39, 0.29) is 0 Å². The highest BCUT2D eigenvalue weighted by molar-refractivity contribution is 6.33. The maximum atomic E-state index is 5.87. The first-order chi connectivity index (χ1) is 10.2. The van der Waals surface area contributed by atoms with Crippen LogP contribution in [0.3, 0.4) is 0 Å². The van der Waals surface area contributed by atoms with Crippen LogP contribution >= 0.6 is 23.2 Å². The summed E-state index contributed by atoms with van der Waals surface area (Å²) in [5.41, 5.74) is 3.99. The fraction of sp³-hybridized carbons (Fsp3) is 0.231. The predicted molar refractivity (Wildman–Crippen MR) is 87.5 cm³/mol. The highest BCUT2D eigenvalue weighted by Gasteiger charge is 2.17. The second-order valence-electron chi connectivity index (χ2n) is 4.59. The monoisotopic (exact) mass is 324 g/mol. The van der Waals surface area contributed by atoms with Gasteiger partial charge < -0.3 is 20.9 Å². The molecule has 110 valence electrons. The zero-order chi connectivity index (χ0) is 14.8. The van der Waals surface area contributed by atoms with Gasteiger partial charge >= 0.3 is 0 Å². The smallest absolute Gasteiger partial charge is 0.154 e. The Kier molecular flexibility index (Phi) is 3.90. The van der Waals surface area contributed by atoms with Gasteiger partial charge in [0.25, 0.3) is 0 Å². The van der Waals surface area contributed by atoms with Gasteiger partial charge in [0.2, 0.25) is 0 Å². The standard InChI is InChI=1S/C7H8ClN3.C6H6ClN3/c1-11-4-10-5-2-3-9-7(8)6(5)11;7-6-5-4(1-2-8-6)9-3-10-5/h2-3,10H,4H2,1H3;1-2,9-10H,3H2. The number of pyridine rings is 2. The Morgan fingerprint density at radius 3 is 2.43 bits per heavy atom. The molecule has 2 aliphatic heterocycles. The Morgan fingerprint density at radius 2 is 1.71 bits per heavy atom. The molecule has 0 saturated carbocycles. The van der Waals surface area contributed by atoms with E-state index in [1.807, 2.05) is 24.1 Å². The van der Waals surface area contributed by atoms with Crippen LogP contribution in [0.25, 0.3) is 0 Å². The van der Waals surface area contributed by atoms with Crippen LogP contribution in [0.1, 0.15) is 0 Å². The van der Waals surface area contributed by atoms with Crippen LogP contribution in [0.2, 0.25) is 10.3 Å². The molecule has 0 amide bonds. The topological polar surface area (TPSA) is 65.1 Å². The molecule has 6 nitrogen and oxygen atoms in total. The second kappa shape index (κ2) is 5.83. The molecule has 2 aliphatic rings. The molecule has 21 heavy (non-hydrogen) atoms. The Morgan fingerprint density at radius 1 is 1.00 bits per heavy atom. The molecule has 0 unspecified atom stereocenters. The van der Waals surface area contributed by atoms with Gasteiger partial charge in [-0.15, -0.1) is 0 Å². The maximum absolute atomic E-state index is 5.87. The number of hydrogen-bond acceptors (Lipinski definition) is 6. The lowest BCUT2D eigenvalue weighted by Gasteiger charge is -2.09. The third-order valence-electron chi connectivity index (χ3n) is 3.22. The van der Waals surface area contributed by atoms with Gasteiger partial charge in [0.1, 0.15) is 0 Å². The molecule has 4 heterocycles. The Balaban J connectivity index is 0.000000126. The Bertz CT molecular complexity index is 663. The fourth-order valence-electron chi connectivity index (χ4n) is 2.20. The van der Waals surface area contributed by atoms with Crippen LogP contribution in [-0.4, -0.2) is 30.4 Å². The van der Waals surface area contributed by atoms with E-state index in [1.165, 1.54) is 0 Å². The van der Waals surface area contributed by atoms with Crippen molar-refractivity contribution in [2.24, 2.45) is 0 Å². The number of halogens is 2. The molecular weight excluding hydrogens is 311 g/mol. The molecule has 3 N–H and O–H groups in total. The number of fused-ring (bicyclic) bond motifs is 2. The quantitative estimate of drug-likeness (QED) is 0.647. The van der Waals surface area contributed by atoms with Crippen molar-refractivity contribution in [3.63, 3.8) is 0 Å². The molecule has 0 aliphatic carbocycles. The lowest BCUT2D eigenvalue weighted by Crippen LogP contribution is -2.16. The van der Waals surface area contributed by atoms with Crippen LogP contribution < -0.4 is 20.9 Å². The average molecular weight is 325 g/mol. The van der Waals surface area contributed by atoms with Crippen LogP contribution in [-0.2, 0) is 0 Å². The van der Waals surface area contributed by atoms with E-state index in [1.54, 1.807) is 12.4 Å². The van der Waals surface area contributed by atoms with Crippen molar-refractivity contribution >= 4 is 46.0 Å². The number of nitrogens with zero attached hydrogens (tertiary/aromatic N) is 3. The van der Waals surface area contributed by atoms with E-state index < -0.39 is 0 Å². The van der Waals surface area contributed by atoms with Crippen molar-refractivity contribution in [3.8, 4) is 0 Å². The Hall–Kier alpha value is -1.92. The SMILES string of the molecule is CN1CNc2ccnc(Cl)c21.Clc1nccc2c1NCN2. The largest absolute Gasteiger partial charge is 0.366 e. The van der Waals surface area contributed by atoms with Crippen LogP contribution in [0.15, 0.2) is 24.5 Å². The molecular formula is C13H14Cl2N6. The normalized spacial score (nSPS) is 14.1. The van der Waals surface area contributed by atoms with Crippen molar-refractivity contribution < 1.29 is 0 Å². The summed E-state index contributed by atoms with van der Waals surface area (Å²) in [6.45, 7) is 1.54. The lowest BCUT2D eigenvalue weighted by molar-refractivity contribution is 1.03. The first kappa shape index (κ1) is 14.0. The molecule has 0 atom stereocenters. The molecule has 4 rings (SSSR count). The van der Waals surface area contributed by atoms with Gasteiger partial charge in [0.05, 0.1) is 36.1 Å². The van der Waals surface area contributed by atoms with E-state index in [9.17, 15) is 0 Å². The molecule has 0 saturated heterocycles. The third-order valence-corrected chi connectivity index (χ3v) is 3.78.